The summed E-state index contributed by atoms with van der Waals surface area (Å²) in [6, 6.07) is 5.86. The molecule has 1 aromatic rings. The molecule has 4 aliphatic carbocycles. The normalized spacial score (nSPS) is 31.7. The summed E-state index contributed by atoms with van der Waals surface area (Å²) in [5, 5.41) is 5.06. The minimum absolute atomic E-state index is 0.0388. The van der Waals surface area contributed by atoms with Crippen LogP contribution in [0.15, 0.2) is 29.2 Å². The third-order valence-electron chi connectivity index (χ3n) is 6.45. The molecule has 0 aliphatic heterocycles. The van der Waals surface area contributed by atoms with Gasteiger partial charge in [-0.2, -0.15) is 0 Å². The van der Waals surface area contributed by atoms with Crippen LogP contribution in [0.4, 0.5) is 0 Å². The summed E-state index contributed by atoms with van der Waals surface area (Å²) in [6.07, 6.45) is 8.23. The second-order valence-electron chi connectivity index (χ2n) is 8.68. The third-order valence-corrected chi connectivity index (χ3v) is 7.38. The van der Waals surface area contributed by atoms with Crippen molar-refractivity contribution in [3.63, 3.8) is 0 Å². The Morgan fingerprint density at radius 2 is 1.56 bits per heavy atom. The van der Waals surface area contributed by atoms with Gasteiger partial charge in [-0.1, -0.05) is 0 Å². The van der Waals surface area contributed by atoms with Gasteiger partial charge in [-0.05, 0) is 86.0 Å². The van der Waals surface area contributed by atoms with Crippen molar-refractivity contribution in [2.45, 2.75) is 49.8 Å². The zero-order valence-corrected chi connectivity index (χ0v) is 16.2. The minimum Gasteiger partial charge on any atom is -0.490 e. The lowest BCUT2D eigenvalue weighted by Gasteiger charge is -2.56. The van der Waals surface area contributed by atoms with Crippen molar-refractivity contribution in [1.82, 2.24) is 0 Å². The van der Waals surface area contributed by atoms with Gasteiger partial charge in [0.2, 0.25) is 10.0 Å². The molecule has 1 aromatic carbocycles. The average molecular weight is 394 g/mol. The molecule has 0 spiro atoms. The van der Waals surface area contributed by atoms with Gasteiger partial charge in [-0.25, -0.2) is 13.6 Å². The van der Waals surface area contributed by atoms with E-state index >= 15 is 0 Å². The lowest BCUT2D eigenvalue weighted by atomic mass is 9.49. The van der Waals surface area contributed by atoms with Gasteiger partial charge in [0.05, 0.1) is 11.3 Å². The van der Waals surface area contributed by atoms with E-state index in [-0.39, 0.29) is 29.5 Å². The molecule has 4 saturated carbocycles. The Labute approximate surface area is 160 Å². The van der Waals surface area contributed by atoms with Gasteiger partial charge in [0.15, 0.2) is 0 Å². The Kier molecular flexibility index (Phi) is 4.93. The van der Waals surface area contributed by atoms with Crippen LogP contribution in [0.1, 0.15) is 44.9 Å². The van der Waals surface area contributed by atoms with Crippen LogP contribution in [0, 0.1) is 23.2 Å². The zero-order chi connectivity index (χ0) is 19.1. The molecule has 0 heterocycles. The van der Waals surface area contributed by atoms with Crippen LogP contribution in [0.3, 0.4) is 0 Å². The van der Waals surface area contributed by atoms with Crippen molar-refractivity contribution in [3.8, 4) is 5.75 Å². The fourth-order valence-corrected chi connectivity index (χ4v) is 6.42. The van der Waals surface area contributed by atoms with Crippen LogP contribution in [0.25, 0.3) is 0 Å². The number of hydrogen-bond acceptors (Lipinski definition) is 5. The molecule has 27 heavy (non-hydrogen) atoms. The van der Waals surface area contributed by atoms with Gasteiger partial charge >= 0.3 is 5.97 Å². The Hall–Kier alpha value is -1.60. The summed E-state index contributed by atoms with van der Waals surface area (Å²) in [5.74, 6) is 2.87. The minimum atomic E-state index is -3.70. The van der Waals surface area contributed by atoms with E-state index in [0.717, 1.165) is 17.8 Å². The predicted molar refractivity (Wildman–Crippen MR) is 99.5 cm³/mol. The van der Waals surface area contributed by atoms with E-state index in [2.05, 4.69) is 0 Å². The molecule has 0 saturated heterocycles. The Bertz CT molecular complexity index is 767. The summed E-state index contributed by atoms with van der Waals surface area (Å²) in [7, 11) is -3.70. The van der Waals surface area contributed by atoms with Crippen molar-refractivity contribution in [2.75, 3.05) is 13.2 Å². The van der Waals surface area contributed by atoms with Crippen molar-refractivity contribution in [3.05, 3.63) is 24.3 Å². The van der Waals surface area contributed by atoms with Crippen LogP contribution in [-0.2, 0) is 19.6 Å². The van der Waals surface area contributed by atoms with Gasteiger partial charge in [0.1, 0.15) is 19.0 Å². The van der Waals surface area contributed by atoms with Crippen molar-refractivity contribution < 1.29 is 22.7 Å². The summed E-state index contributed by atoms with van der Waals surface area (Å²) in [4.78, 5) is 12.4. The fourth-order valence-electron chi connectivity index (χ4n) is 5.90. The highest BCUT2D eigenvalue weighted by molar-refractivity contribution is 7.89. The standard InChI is InChI=1S/C20H27NO5S/c21-27(23,24)18-3-1-17(2-4-18)25-5-6-26-19(22)13-20-10-14-7-15(11-20)9-16(8-14)12-20/h1-4,14-16H,5-13H2,(H2,21,23,24). The van der Waals surface area contributed by atoms with E-state index in [1.807, 2.05) is 0 Å². The molecular formula is C20H27NO5S. The molecule has 4 bridgehead atoms. The molecule has 0 atom stereocenters. The summed E-state index contributed by atoms with van der Waals surface area (Å²) in [6.45, 7) is 0.434. The first-order valence-corrected chi connectivity index (χ1v) is 11.3. The highest BCUT2D eigenvalue weighted by atomic mass is 32.2. The van der Waals surface area contributed by atoms with Crippen molar-refractivity contribution in [1.29, 1.82) is 0 Å². The third kappa shape index (κ3) is 4.29. The largest absolute Gasteiger partial charge is 0.490 e. The average Bonchev–Trinajstić information content (AvgIpc) is 2.57. The summed E-state index contributed by atoms with van der Waals surface area (Å²) < 4.78 is 33.3. The number of carbonyl (C=O) groups excluding carboxylic acids is 1. The van der Waals surface area contributed by atoms with E-state index in [1.165, 1.54) is 62.8 Å². The second kappa shape index (κ2) is 7.09. The monoisotopic (exact) mass is 393 g/mol. The number of hydrogen-bond donors (Lipinski definition) is 1. The lowest BCUT2D eigenvalue weighted by Crippen LogP contribution is -2.47. The molecular weight excluding hydrogens is 366 g/mol. The van der Waals surface area contributed by atoms with E-state index in [0.29, 0.717) is 12.2 Å². The molecule has 4 aliphatic rings. The van der Waals surface area contributed by atoms with E-state index in [1.54, 1.807) is 0 Å². The molecule has 2 N–H and O–H groups in total. The van der Waals surface area contributed by atoms with E-state index in [9.17, 15) is 13.2 Å². The smallest absolute Gasteiger partial charge is 0.306 e. The Balaban J connectivity index is 1.21. The van der Waals surface area contributed by atoms with Gasteiger partial charge in [-0.3, -0.25) is 4.79 Å². The maximum atomic E-state index is 12.3. The molecule has 0 radical (unpaired) electrons. The highest BCUT2D eigenvalue weighted by Crippen LogP contribution is 2.61. The Morgan fingerprint density at radius 1 is 1.00 bits per heavy atom. The number of nitrogens with two attached hydrogens (primary N) is 1. The molecule has 0 unspecified atom stereocenters. The molecule has 6 nitrogen and oxygen atoms in total. The maximum Gasteiger partial charge on any atom is 0.306 e. The number of esters is 1. The molecule has 0 amide bonds. The van der Waals surface area contributed by atoms with Crippen LogP contribution in [0.2, 0.25) is 0 Å². The van der Waals surface area contributed by atoms with Crippen molar-refractivity contribution >= 4 is 16.0 Å². The number of ether oxygens (including phenoxy) is 2. The topological polar surface area (TPSA) is 95.7 Å². The number of sulfonamides is 1. The van der Waals surface area contributed by atoms with Crippen LogP contribution < -0.4 is 9.88 Å². The maximum absolute atomic E-state index is 12.3. The van der Waals surface area contributed by atoms with E-state index in [4.69, 9.17) is 14.6 Å². The summed E-state index contributed by atoms with van der Waals surface area (Å²) >= 11 is 0. The SMILES string of the molecule is NS(=O)(=O)c1ccc(OCCOC(=O)CC23CC4CC(CC(C4)C2)C3)cc1. The lowest BCUT2D eigenvalue weighted by molar-refractivity contribution is -0.152. The number of rotatable bonds is 7. The molecule has 7 heteroatoms. The molecule has 148 valence electrons. The number of benzene rings is 1. The second-order valence-corrected chi connectivity index (χ2v) is 10.2. The first kappa shape index (κ1) is 18.7. The quantitative estimate of drug-likeness (QED) is 0.568. The van der Waals surface area contributed by atoms with Gasteiger partial charge in [-0.15, -0.1) is 0 Å². The molecule has 4 fully saturated rings. The molecule has 0 aromatic heterocycles. The highest BCUT2D eigenvalue weighted by Gasteiger charge is 2.51. The van der Waals surface area contributed by atoms with Crippen LogP contribution >= 0.6 is 0 Å². The van der Waals surface area contributed by atoms with E-state index < -0.39 is 10.0 Å². The molecule has 5 rings (SSSR count). The van der Waals surface area contributed by atoms with Crippen LogP contribution in [0.5, 0.6) is 5.75 Å². The number of carbonyl (C=O) groups is 1. The van der Waals surface area contributed by atoms with Gasteiger partial charge in [0.25, 0.3) is 0 Å². The zero-order valence-electron chi connectivity index (χ0n) is 15.4. The first-order chi connectivity index (χ1) is 12.8. The first-order valence-electron chi connectivity index (χ1n) is 9.73. The Morgan fingerprint density at radius 3 is 2.07 bits per heavy atom. The predicted octanol–water partition coefficient (Wildman–Crippen LogP) is 2.86. The number of primary sulfonamides is 1. The fraction of sp³-hybridized carbons (Fsp3) is 0.650. The van der Waals surface area contributed by atoms with Crippen molar-refractivity contribution in [2.24, 2.45) is 28.3 Å². The van der Waals surface area contributed by atoms with Gasteiger partial charge < -0.3 is 9.47 Å². The van der Waals surface area contributed by atoms with Crippen LogP contribution in [-0.4, -0.2) is 27.6 Å². The summed E-state index contributed by atoms with van der Waals surface area (Å²) in [5.41, 5.74) is 0.191. The van der Waals surface area contributed by atoms with Gasteiger partial charge in [0, 0.05) is 0 Å².